The Morgan fingerprint density at radius 1 is 1.35 bits per heavy atom. The van der Waals surface area contributed by atoms with Crippen molar-refractivity contribution in [3.63, 3.8) is 0 Å². The minimum Gasteiger partial charge on any atom is -0.392 e. The van der Waals surface area contributed by atoms with E-state index in [1.165, 1.54) is 17.4 Å². The number of thiophene rings is 1. The topological polar surface area (TPSA) is 66.4 Å². The van der Waals surface area contributed by atoms with Crippen molar-refractivity contribution in [2.24, 2.45) is 0 Å². The molecule has 0 aliphatic carbocycles. The van der Waals surface area contributed by atoms with Gasteiger partial charge in [-0.15, -0.1) is 11.3 Å². The molecule has 4 nitrogen and oxygen atoms in total. The summed E-state index contributed by atoms with van der Waals surface area (Å²) in [5.41, 5.74) is 0.322. The Hall–Kier alpha value is -0.800. The zero-order chi connectivity index (χ0) is 14.8. The van der Waals surface area contributed by atoms with Gasteiger partial charge in [0.2, 0.25) is 10.0 Å². The van der Waals surface area contributed by atoms with Gasteiger partial charge in [0.25, 0.3) is 0 Å². The molecule has 20 heavy (non-hydrogen) atoms. The highest BCUT2D eigenvalue weighted by molar-refractivity contribution is 9.10. The van der Waals surface area contributed by atoms with Crippen molar-refractivity contribution in [2.75, 3.05) is 0 Å². The molecule has 0 aliphatic rings. The monoisotopic (exact) mass is 379 g/mol. The molecular formula is C12H11BrFNO3S2. The molecule has 1 aromatic heterocycles. The summed E-state index contributed by atoms with van der Waals surface area (Å²) in [4.78, 5) is 0.378. The lowest BCUT2D eigenvalue weighted by Crippen LogP contribution is -2.24. The van der Waals surface area contributed by atoms with Crippen LogP contribution in [0.1, 0.15) is 10.4 Å². The van der Waals surface area contributed by atoms with Crippen LogP contribution in [-0.2, 0) is 23.2 Å². The molecule has 0 spiro atoms. The molecule has 108 valence electrons. The van der Waals surface area contributed by atoms with Crippen LogP contribution in [0.4, 0.5) is 4.39 Å². The molecule has 0 aliphatic heterocycles. The van der Waals surface area contributed by atoms with E-state index in [0.717, 1.165) is 21.5 Å². The van der Waals surface area contributed by atoms with Crippen LogP contribution in [0.2, 0.25) is 0 Å². The van der Waals surface area contributed by atoms with Gasteiger partial charge in [0.15, 0.2) is 0 Å². The Morgan fingerprint density at radius 2 is 2.10 bits per heavy atom. The van der Waals surface area contributed by atoms with Crippen LogP contribution < -0.4 is 4.72 Å². The van der Waals surface area contributed by atoms with Gasteiger partial charge in [-0.3, -0.25) is 0 Å². The quantitative estimate of drug-likeness (QED) is 0.838. The molecule has 0 saturated heterocycles. The highest BCUT2D eigenvalue weighted by atomic mass is 79.9. The van der Waals surface area contributed by atoms with Crippen molar-refractivity contribution in [1.82, 2.24) is 4.72 Å². The van der Waals surface area contributed by atoms with E-state index in [0.29, 0.717) is 5.56 Å². The molecular weight excluding hydrogens is 369 g/mol. The summed E-state index contributed by atoms with van der Waals surface area (Å²) in [5, 5.41) is 10.7. The van der Waals surface area contributed by atoms with Gasteiger partial charge in [0, 0.05) is 15.9 Å². The van der Waals surface area contributed by atoms with Crippen LogP contribution >= 0.6 is 27.3 Å². The van der Waals surface area contributed by atoms with Crippen molar-refractivity contribution < 1.29 is 17.9 Å². The van der Waals surface area contributed by atoms with Gasteiger partial charge in [0.1, 0.15) is 10.7 Å². The van der Waals surface area contributed by atoms with Crippen molar-refractivity contribution in [2.45, 2.75) is 18.0 Å². The minimum absolute atomic E-state index is 0.0851. The van der Waals surface area contributed by atoms with Crippen molar-refractivity contribution in [3.8, 4) is 0 Å². The van der Waals surface area contributed by atoms with Gasteiger partial charge < -0.3 is 5.11 Å². The number of aliphatic hydroxyl groups excluding tert-OH is 1. The van der Waals surface area contributed by atoms with Crippen LogP contribution in [0.3, 0.4) is 0 Å². The average molecular weight is 380 g/mol. The third kappa shape index (κ3) is 3.44. The summed E-state index contributed by atoms with van der Waals surface area (Å²) in [5.74, 6) is -0.880. The van der Waals surface area contributed by atoms with E-state index in [1.807, 2.05) is 11.4 Å². The van der Waals surface area contributed by atoms with Crippen LogP contribution in [0.5, 0.6) is 0 Å². The number of benzene rings is 1. The molecule has 0 atom stereocenters. The van der Waals surface area contributed by atoms with Gasteiger partial charge in [-0.2, -0.15) is 0 Å². The highest BCUT2D eigenvalue weighted by Gasteiger charge is 2.19. The first-order valence-electron chi connectivity index (χ1n) is 5.55. The van der Waals surface area contributed by atoms with Gasteiger partial charge in [0.05, 0.1) is 6.61 Å². The Bertz CT molecular complexity index is 715. The first kappa shape index (κ1) is 15.6. The lowest BCUT2D eigenvalue weighted by atomic mass is 10.2. The molecule has 8 heteroatoms. The van der Waals surface area contributed by atoms with E-state index in [4.69, 9.17) is 5.11 Å². The number of hydrogen-bond acceptors (Lipinski definition) is 4. The highest BCUT2D eigenvalue weighted by Crippen LogP contribution is 2.23. The van der Waals surface area contributed by atoms with E-state index in [9.17, 15) is 12.8 Å². The Labute approximate surface area is 128 Å². The lowest BCUT2D eigenvalue weighted by molar-refractivity contribution is 0.281. The second kappa shape index (κ2) is 6.31. The molecule has 0 bridgehead atoms. The second-order valence-corrected chi connectivity index (χ2v) is 7.53. The maximum absolute atomic E-state index is 13.7. The molecule has 0 unspecified atom stereocenters. The van der Waals surface area contributed by atoms with Crippen LogP contribution in [0.25, 0.3) is 0 Å². The lowest BCUT2D eigenvalue weighted by Gasteiger charge is -2.08. The number of sulfonamides is 1. The van der Waals surface area contributed by atoms with Gasteiger partial charge in [-0.1, -0.05) is 6.07 Å². The zero-order valence-electron chi connectivity index (χ0n) is 10.1. The largest absolute Gasteiger partial charge is 0.392 e. The molecule has 1 heterocycles. The van der Waals surface area contributed by atoms with Crippen molar-refractivity contribution in [1.29, 1.82) is 0 Å². The molecule has 1 aromatic carbocycles. The van der Waals surface area contributed by atoms with E-state index in [-0.39, 0.29) is 13.2 Å². The summed E-state index contributed by atoms with van der Waals surface area (Å²) in [6, 6.07) is 5.34. The Morgan fingerprint density at radius 3 is 2.65 bits per heavy atom. The van der Waals surface area contributed by atoms with Gasteiger partial charge in [-0.25, -0.2) is 17.5 Å². The molecule has 0 saturated carbocycles. The number of nitrogens with one attached hydrogen (secondary N) is 1. The summed E-state index contributed by atoms with van der Waals surface area (Å²) in [7, 11) is -3.93. The number of hydrogen-bond donors (Lipinski definition) is 2. The third-order valence-electron chi connectivity index (χ3n) is 2.58. The zero-order valence-corrected chi connectivity index (χ0v) is 13.4. The summed E-state index contributed by atoms with van der Waals surface area (Å²) in [6.07, 6.45) is 0. The van der Waals surface area contributed by atoms with E-state index in [2.05, 4.69) is 20.7 Å². The second-order valence-electron chi connectivity index (χ2n) is 3.94. The summed E-state index contributed by atoms with van der Waals surface area (Å²) < 4.78 is 41.0. The number of rotatable bonds is 5. The predicted molar refractivity (Wildman–Crippen MR) is 78.4 cm³/mol. The van der Waals surface area contributed by atoms with E-state index in [1.54, 1.807) is 0 Å². The fourth-order valence-corrected chi connectivity index (χ4v) is 4.13. The number of aliphatic hydroxyl groups is 1. The van der Waals surface area contributed by atoms with E-state index < -0.39 is 20.7 Å². The molecule has 0 radical (unpaired) electrons. The molecule has 2 N–H and O–H groups in total. The van der Waals surface area contributed by atoms with Crippen LogP contribution in [0, 0.1) is 5.82 Å². The summed E-state index contributed by atoms with van der Waals surface area (Å²) >= 11 is 4.69. The van der Waals surface area contributed by atoms with Gasteiger partial charge >= 0.3 is 0 Å². The smallest absolute Gasteiger partial charge is 0.243 e. The fraction of sp³-hybridized carbons (Fsp3) is 0.167. The maximum atomic E-state index is 13.7. The normalized spacial score (nSPS) is 11.8. The third-order valence-corrected chi connectivity index (χ3v) is 5.94. The fourth-order valence-electron chi connectivity index (χ4n) is 1.55. The van der Waals surface area contributed by atoms with Crippen LogP contribution in [0.15, 0.2) is 39.0 Å². The minimum atomic E-state index is -3.93. The van der Waals surface area contributed by atoms with E-state index >= 15 is 0 Å². The standard InChI is InChI=1S/C12H11BrFNO3S2/c13-9-3-4-19-11(9)6-15-20(17,18)12-2-1-8(7-16)5-10(12)14/h1-5,15-16H,6-7H2. The van der Waals surface area contributed by atoms with Gasteiger partial charge in [-0.05, 0) is 45.1 Å². The molecule has 0 fully saturated rings. The molecule has 2 rings (SSSR count). The van der Waals surface area contributed by atoms with Crippen molar-refractivity contribution >= 4 is 37.3 Å². The summed E-state index contributed by atoms with van der Waals surface area (Å²) in [6.45, 7) is -0.255. The molecule has 0 amide bonds. The molecule has 2 aromatic rings. The Kier molecular flexibility index (Phi) is 4.92. The number of halogens is 2. The first-order valence-corrected chi connectivity index (χ1v) is 8.70. The first-order chi connectivity index (χ1) is 9.44. The van der Waals surface area contributed by atoms with Crippen LogP contribution in [-0.4, -0.2) is 13.5 Å². The average Bonchev–Trinajstić information content (AvgIpc) is 2.81. The SMILES string of the molecule is O=S(=O)(NCc1sccc1Br)c1ccc(CO)cc1F. The predicted octanol–water partition coefficient (Wildman–Crippen LogP) is 2.62. The van der Waals surface area contributed by atoms with Crippen molar-refractivity contribution in [3.05, 3.63) is 50.4 Å². The maximum Gasteiger partial charge on any atom is 0.243 e. The Balaban J connectivity index is 2.20.